The third-order valence-electron chi connectivity index (χ3n) is 5.81. The Balaban J connectivity index is 1.26. The highest BCUT2D eigenvalue weighted by molar-refractivity contribution is 7.90. The Morgan fingerprint density at radius 1 is 1.03 bits per heavy atom. The minimum atomic E-state index is -1.00. The van der Waals surface area contributed by atoms with E-state index in [4.69, 9.17) is 4.74 Å². The molecule has 8 nitrogen and oxygen atoms in total. The highest BCUT2D eigenvalue weighted by Gasteiger charge is 2.29. The van der Waals surface area contributed by atoms with Crippen molar-refractivity contribution in [1.82, 2.24) is 19.9 Å². The molecule has 0 aliphatic carbocycles. The van der Waals surface area contributed by atoms with Crippen molar-refractivity contribution in [2.75, 3.05) is 35.7 Å². The first-order valence-electron chi connectivity index (χ1n) is 10.5. The van der Waals surface area contributed by atoms with E-state index >= 15 is 0 Å². The van der Waals surface area contributed by atoms with Crippen LogP contribution in [0.1, 0.15) is 18.4 Å². The van der Waals surface area contributed by atoms with Gasteiger partial charge in [-0.15, -0.1) is 0 Å². The predicted molar refractivity (Wildman–Crippen MR) is 119 cm³/mol. The molecule has 0 radical (unpaired) electrons. The highest BCUT2D eigenvalue weighted by atomic mass is 32.2. The Morgan fingerprint density at radius 2 is 1.75 bits per heavy atom. The number of nitrogens with zero attached hydrogens (tertiary/aromatic N) is 6. The van der Waals surface area contributed by atoms with E-state index in [1.807, 2.05) is 29.2 Å². The van der Waals surface area contributed by atoms with Crippen LogP contribution in [0.2, 0.25) is 0 Å². The van der Waals surface area contributed by atoms with Crippen molar-refractivity contribution in [3.05, 3.63) is 54.4 Å². The smallest absolute Gasteiger partial charge is 0.225 e. The first kappa shape index (κ1) is 20.9. The molecule has 3 aromatic rings. The maximum atomic E-state index is 13.1. The average molecular weight is 455 g/mol. The van der Waals surface area contributed by atoms with Crippen LogP contribution in [0.4, 0.5) is 21.8 Å². The molecule has 1 fully saturated rings. The summed E-state index contributed by atoms with van der Waals surface area (Å²) in [6.07, 6.45) is 8.05. The molecular weight excluding hydrogens is 431 g/mol. The van der Waals surface area contributed by atoms with Gasteiger partial charge in [0.15, 0.2) is 10.7 Å². The van der Waals surface area contributed by atoms with Crippen LogP contribution in [-0.2, 0) is 17.6 Å². The summed E-state index contributed by atoms with van der Waals surface area (Å²) in [5.74, 6) is 1.61. The van der Waals surface area contributed by atoms with Gasteiger partial charge in [0.25, 0.3) is 0 Å². The molecule has 32 heavy (non-hydrogen) atoms. The fourth-order valence-electron chi connectivity index (χ4n) is 4.14. The Morgan fingerprint density at radius 3 is 2.44 bits per heavy atom. The maximum Gasteiger partial charge on any atom is 0.225 e. The molecule has 0 N–H and O–H groups in total. The van der Waals surface area contributed by atoms with Gasteiger partial charge in [0, 0.05) is 38.2 Å². The summed E-state index contributed by atoms with van der Waals surface area (Å²) < 4.78 is 31.0. The molecule has 1 atom stereocenters. The van der Waals surface area contributed by atoms with Gasteiger partial charge in [0.2, 0.25) is 11.8 Å². The Labute approximate surface area is 188 Å². The average Bonchev–Trinajstić information content (AvgIpc) is 3.25. The monoisotopic (exact) mass is 454 g/mol. The van der Waals surface area contributed by atoms with Crippen molar-refractivity contribution in [3.63, 3.8) is 0 Å². The topological polar surface area (TPSA) is 90.3 Å². The van der Waals surface area contributed by atoms with E-state index < -0.39 is 17.0 Å². The van der Waals surface area contributed by atoms with Gasteiger partial charge < -0.3 is 19.1 Å². The molecule has 4 heterocycles. The Hall–Kier alpha value is -2.98. The van der Waals surface area contributed by atoms with E-state index in [1.54, 1.807) is 12.6 Å². The summed E-state index contributed by atoms with van der Waals surface area (Å²) in [7, 11) is 0. The number of rotatable bonds is 5. The molecule has 166 valence electrons. The van der Waals surface area contributed by atoms with Crippen molar-refractivity contribution in [1.29, 1.82) is 0 Å². The maximum absolute atomic E-state index is 13.1. The van der Waals surface area contributed by atoms with Crippen LogP contribution in [0.5, 0.6) is 5.88 Å². The molecule has 0 saturated carbocycles. The third kappa shape index (κ3) is 4.20. The lowest BCUT2D eigenvalue weighted by molar-refractivity contribution is 0.162. The van der Waals surface area contributed by atoms with Gasteiger partial charge in [0.05, 0.1) is 18.0 Å². The van der Waals surface area contributed by atoms with E-state index in [0.29, 0.717) is 11.8 Å². The van der Waals surface area contributed by atoms with Crippen LogP contribution >= 0.6 is 0 Å². The standard InChI is InChI=1S/C22H23FN6O2S/c1-32(30)18-4-2-16(3-5-18)29-11-8-19-20(29)26-14-27-21(19)31-17-6-9-28(10-7-17)22-24-12-15(23)13-25-22/h2-5,12-14,17H,6-11H2,1H3/t32-/m1/s1. The van der Waals surface area contributed by atoms with E-state index in [9.17, 15) is 8.94 Å². The Kier molecular flexibility index (Phi) is 5.79. The van der Waals surface area contributed by atoms with Gasteiger partial charge in [-0.05, 0) is 41.9 Å². The molecular formula is C22H23FN6O2S. The van der Waals surface area contributed by atoms with E-state index in [2.05, 4.69) is 24.8 Å². The fraction of sp³-hybridized carbons (Fsp3) is 0.364. The number of halogens is 1. The van der Waals surface area contributed by atoms with Gasteiger partial charge >= 0.3 is 0 Å². The summed E-state index contributed by atoms with van der Waals surface area (Å²) in [6, 6.07) is 7.73. The SMILES string of the molecule is C[S@@+]([O-])c1ccc(N2CCc3c(OC4CCN(c5ncc(F)cn5)CC4)ncnc32)cc1. The van der Waals surface area contributed by atoms with Crippen LogP contribution in [-0.4, -0.2) is 56.5 Å². The van der Waals surface area contributed by atoms with E-state index in [-0.39, 0.29) is 6.10 Å². The molecule has 1 saturated heterocycles. The summed E-state index contributed by atoms with van der Waals surface area (Å²) in [4.78, 5) is 22.0. The number of aromatic nitrogens is 4. The number of benzene rings is 1. The second kappa shape index (κ2) is 8.87. The number of fused-ring (bicyclic) bond motifs is 1. The summed E-state index contributed by atoms with van der Waals surface area (Å²) in [6.45, 7) is 2.26. The fourth-order valence-corrected chi connectivity index (χ4v) is 4.66. The predicted octanol–water partition coefficient (Wildman–Crippen LogP) is 2.89. The zero-order valence-electron chi connectivity index (χ0n) is 17.6. The molecule has 0 unspecified atom stereocenters. The van der Waals surface area contributed by atoms with E-state index in [0.717, 1.165) is 60.9 Å². The number of hydrogen-bond acceptors (Lipinski definition) is 8. The minimum Gasteiger partial charge on any atom is -0.612 e. The van der Waals surface area contributed by atoms with Gasteiger partial charge in [-0.2, -0.15) is 0 Å². The van der Waals surface area contributed by atoms with Crippen molar-refractivity contribution in [3.8, 4) is 5.88 Å². The number of hydrogen-bond donors (Lipinski definition) is 0. The van der Waals surface area contributed by atoms with Gasteiger partial charge in [0.1, 0.15) is 24.5 Å². The summed E-state index contributed by atoms with van der Waals surface area (Å²) >= 11 is -1.00. The molecule has 0 amide bonds. The van der Waals surface area contributed by atoms with Crippen molar-refractivity contribution in [2.24, 2.45) is 0 Å². The number of anilines is 3. The molecule has 2 aromatic heterocycles. The zero-order chi connectivity index (χ0) is 22.1. The lowest BCUT2D eigenvalue weighted by Crippen LogP contribution is -2.39. The molecule has 10 heteroatoms. The molecule has 2 aliphatic rings. The lowest BCUT2D eigenvalue weighted by Gasteiger charge is -2.32. The van der Waals surface area contributed by atoms with Crippen LogP contribution in [0.15, 0.2) is 47.9 Å². The molecule has 2 aliphatic heterocycles. The molecule has 5 rings (SSSR count). The highest BCUT2D eigenvalue weighted by Crippen LogP contribution is 2.37. The van der Waals surface area contributed by atoms with Crippen molar-refractivity contribution >= 4 is 28.6 Å². The molecule has 1 aromatic carbocycles. The van der Waals surface area contributed by atoms with Gasteiger partial charge in [-0.1, -0.05) is 0 Å². The first-order valence-corrected chi connectivity index (χ1v) is 12.1. The first-order chi connectivity index (χ1) is 15.6. The normalized spacial score (nSPS) is 17.3. The number of piperidine rings is 1. The summed E-state index contributed by atoms with van der Waals surface area (Å²) in [5, 5.41) is 0. The van der Waals surface area contributed by atoms with Gasteiger partial charge in [-0.25, -0.2) is 24.3 Å². The van der Waals surface area contributed by atoms with Crippen LogP contribution in [0.25, 0.3) is 0 Å². The van der Waals surface area contributed by atoms with Crippen LogP contribution in [0, 0.1) is 5.82 Å². The van der Waals surface area contributed by atoms with E-state index in [1.165, 1.54) is 12.4 Å². The second-order valence-electron chi connectivity index (χ2n) is 7.84. The van der Waals surface area contributed by atoms with Crippen molar-refractivity contribution < 1.29 is 13.7 Å². The number of ether oxygens (including phenoxy) is 1. The summed E-state index contributed by atoms with van der Waals surface area (Å²) in [5.41, 5.74) is 2.02. The van der Waals surface area contributed by atoms with Crippen molar-refractivity contribution in [2.45, 2.75) is 30.3 Å². The van der Waals surface area contributed by atoms with Gasteiger partial charge in [-0.3, -0.25) is 0 Å². The second-order valence-corrected chi connectivity index (χ2v) is 9.22. The third-order valence-corrected chi connectivity index (χ3v) is 6.75. The zero-order valence-corrected chi connectivity index (χ0v) is 18.5. The lowest BCUT2D eigenvalue weighted by atomic mass is 10.1. The minimum absolute atomic E-state index is 0.0403. The Bertz CT molecular complexity index is 1070. The largest absolute Gasteiger partial charge is 0.612 e. The molecule has 0 spiro atoms. The quantitative estimate of drug-likeness (QED) is 0.544. The van der Waals surface area contributed by atoms with Crippen LogP contribution < -0.4 is 14.5 Å². The van der Waals surface area contributed by atoms with Crippen LogP contribution in [0.3, 0.4) is 0 Å². The molecule has 0 bridgehead atoms.